The highest BCUT2D eigenvalue weighted by atomic mass is 16.1. The molecule has 1 heterocycles. The van der Waals surface area contributed by atoms with Crippen molar-refractivity contribution in [1.29, 1.82) is 0 Å². The average Bonchev–Trinajstić information content (AvgIpc) is 2.77. The van der Waals surface area contributed by atoms with E-state index < -0.39 is 0 Å². The summed E-state index contributed by atoms with van der Waals surface area (Å²) in [4.78, 5) is 13.6. The molecule has 0 radical (unpaired) electrons. The number of rotatable bonds is 7. The van der Waals surface area contributed by atoms with Crippen LogP contribution in [0.3, 0.4) is 0 Å². The van der Waals surface area contributed by atoms with Gasteiger partial charge in [0, 0.05) is 19.0 Å². The average molecular weight is 272 g/mol. The van der Waals surface area contributed by atoms with Crippen LogP contribution in [0.5, 0.6) is 0 Å². The fraction of sp³-hybridized carbons (Fsp3) is 0.471. The van der Waals surface area contributed by atoms with Crippen molar-refractivity contribution in [2.24, 2.45) is 7.05 Å². The molecule has 2 aromatic rings. The van der Waals surface area contributed by atoms with Gasteiger partial charge in [0.1, 0.15) is 0 Å². The minimum Gasteiger partial charge on any atom is -0.341 e. The molecule has 20 heavy (non-hydrogen) atoms. The molecule has 0 aliphatic rings. The molecule has 0 aliphatic carbocycles. The van der Waals surface area contributed by atoms with Crippen LogP contribution in [0.4, 0.5) is 0 Å². The minimum absolute atomic E-state index is 0.741. The molecular weight excluding hydrogens is 248 g/mol. The number of carbonyl (C=O) groups excluding carboxylic acids is 1. The Labute approximate surface area is 121 Å². The monoisotopic (exact) mass is 272 g/mol. The zero-order valence-electron chi connectivity index (χ0n) is 12.7. The Morgan fingerprint density at radius 2 is 1.90 bits per heavy atom. The molecule has 0 amide bonds. The Kier molecular flexibility index (Phi) is 4.96. The zero-order valence-corrected chi connectivity index (χ0v) is 12.7. The molecule has 3 nitrogen and oxygen atoms in total. The number of carbonyl (C=O) groups is 1. The molecule has 0 aliphatic heterocycles. The molecule has 2 rings (SSSR count). The number of hydrogen-bond acceptors (Lipinski definition) is 2. The van der Waals surface area contributed by atoms with Crippen LogP contribution in [0.25, 0.3) is 10.9 Å². The number of aryl methyl sites for hydroxylation is 1. The molecule has 0 saturated heterocycles. The van der Waals surface area contributed by atoms with E-state index >= 15 is 0 Å². The fourth-order valence-electron chi connectivity index (χ4n) is 2.91. The predicted molar refractivity (Wildman–Crippen MR) is 84.2 cm³/mol. The van der Waals surface area contributed by atoms with E-state index in [1.54, 1.807) is 0 Å². The molecule has 0 unspecified atom stereocenters. The second-order valence-electron chi connectivity index (χ2n) is 5.38. The van der Waals surface area contributed by atoms with Crippen molar-refractivity contribution in [1.82, 2.24) is 9.47 Å². The Bertz CT molecular complexity index is 580. The summed E-state index contributed by atoms with van der Waals surface area (Å²) >= 11 is 0. The zero-order chi connectivity index (χ0) is 14.5. The third-order valence-corrected chi connectivity index (χ3v) is 3.77. The summed E-state index contributed by atoms with van der Waals surface area (Å²) in [7, 11) is 1.97. The Balaban J connectivity index is 2.38. The maximum atomic E-state index is 11.1. The first kappa shape index (κ1) is 14.8. The smallest absolute Gasteiger partial charge is 0.166 e. The summed E-state index contributed by atoms with van der Waals surface area (Å²) in [5.41, 5.74) is 3.23. The summed E-state index contributed by atoms with van der Waals surface area (Å²) in [5.74, 6) is 0. The number of aromatic nitrogens is 1. The van der Waals surface area contributed by atoms with E-state index in [-0.39, 0.29) is 0 Å². The predicted octanol–water partition coefficient (Wildman–Crippen LogP) is 3.61. The lowest BCUT2D eigenvalue weighted by atomic mass is 10.1. The standard InChI is InChI=1S/C17H24N2O/c1-4-9-19(10-5-2)12-15-8-6-7-14-11-16(13-20)18(3)17(14)15/h6-8,11,13H,4-5,9-10,12H2,1-3H3. The first-order valence-corrected chi connectivity index (χ1v) is 7.46. The highest BCUT2D eigenvalue weighted by molar-refractivity contribution is 5.90. The fourth-order valence-corrected chi connectivity index (χ4v) is 2.91. The first-order chi connectivity index (χ1) is 9.71. The number of fused-ring (bicyclic) bond motifs is 1. The quantitative estimate of drug-likeness (QED) is 0.719. The lowest BCUT2D eigenvalue weighted by molar-refractivity contribution is 0.111. The third-order valence-electron chi connectivity index (χ3n) is 3.77. The topological polar surface area (TPSA) is 25.2 Å². The largest absolute Gasteiger partial charge is 0.341 e. The van der Waals surface area contributed by atoms with E-state index in [0.29, 0.717) is 0 Å². The second kappa shape index (κ2) is 6.71. The molecule has 3 heteroatoms. The van der Waals surface area contributed by atoms with Crippen LogP contribution >= 0.6 is 0 Å². The Hall–Kier alpha value is -1.61. The number of benzene rings is 1. The molecule has 0 N–H and O–H groups in total. The van der Waals surface area contributed by atoms with Gasteiger partial charge >= 0.3 is 0 Å². The van der Waals surface area contributed by atoms with Crippen LogP contribution in [0.2, 0.25) is 0 Å². The van der Waals surface area contributed by atoms with E-state index in [0.717, 1.165) is 37.0 Å². The molecule has 0 saturated carbocycles. The number of para-hydroxylation sites is 1. The lowest BCUT2D eigenvalue weighted by Gasteiger charge is -2.21. The first-order valence-electron chi connectivity index (χ1n) is 7.46. The van der Waals surface area contributed by atoms with Gasteiger partial charge in [-0.1, -0.05) is 32.0 Å². The van der Waals surface area contributed by atoms with Crippen LogP contribution < -0.4 is 0 Å². The highest BCUT2D eigenvalue weighted by Gasteiger charge is 2.11. The van der Waals surface area contributed by atoms with Gasteiger partial charge in [0.15, 0.2) is 6.29 Å². The van der Waals surface area contributed by atoms with Gasteiger partial charge in [-0.25, -0.2) is 0 Å². The van der Waals surface area contributed by atoms with Crippen molar-refractivity contribution in [3.8, 4) is 0 Å². The molecule has 1 aromatic carbocycles. The number of hydrogen-bond donors (Lipinski definition) is 0. The van der Waals surface area contributed by atoms with Crippen molar-refractivity contribution in [2.45, 2.75) is 33.2 Å². The van der Waals surface area contributed by atoms with Crippen LogP contribution in [-0.2, 0) is 13.6 Å². The summed E-state index contributed by atoms with van der Waals surface area (Å²) in [5, 5.41) is 1.15. The highest BCUT2D eigenvalue weighted by Crippen LogP contribution is 2.23. The van der Waals surface area contributed by atoms with Crippen molar-refractivity contribution < 1.29 is 4.79 Å². The van der Waals surface area contributed by atoms with Gasteiger partial charge in [-0.2, -0.15) is 0 Å². The van der Waals surface area contributed by atoms with E-state index in [1.165, 1.54) is 23.9 Å². The van der Waals surface area contributed by atoms with E-state index in [2.05, 4.69) is 36.9 Å². The minimum atomic E-state index is 0.741. The van der Waals surface area contributed by atoms with E-state index in [4.69, 9.17) is 0 Å². The van der Waals surface area contributed by atoms with E-state index in [9.17, 15) is 4.79 Å². The number of aldehydes is 1. The van der Waals surface area contributed by atoms with Crippen molar-refractivity contribution in [3.05, 3.63) is 35.5 Å². The van der Waals surface area contributed by atoms with Gasteiger partial charge in [0.2, 0.25) is 0 Å². The summed E-state index contributed by atoms with van der Waals surface area (Å²) in [6.07, 6.45) is 3.27. The van der Waals surface area contributed by atoms with Crippen LogP contribution in [0.15, 0.2) is 24.3 Å². The summed E-state index contributed by atoms with van der Waals surface area (Å²) in [6.45, 7) is 7.63. The Morgan fingerprint density at radius 1 is 1.20 bits per heavy atom. The third kappa shape index (κ3) is 2.93. The second-order valence-corrected chi connectivity index (χ2v) is 5.38. The maximum absolute atomic E-state index is 11.1. The van der Waals surface area contributed by atoms with Gasteiger partial charge in [-0.05, 0) is 37.6 Å². The molecule has 0 atom stereocenters. The SMILES string of the molecule is CCCN(CCC)Cc1cccc2cc(C=O)n(C)c12. The van der Waals surface area contributed by atoms with Crippen molar-refractivity contribution >= 4 is 17.2 Å². The molecule has 1 aromatic heterocycles. The molecule has 0 bridgehead atoms. The summed E-state index contributed by atoms with van der Waals surface area (Å²) < 4.78 is 2.01. The van der Waals surface area contributed by atoms with Gasteiger partial charge in [0.25, 0.3) is 0 Å². The van der Waals surface area contributed by atoms with Crippen LogP contribution in [0.1, 0.15) is 42.7 Å². The molecule has 0 spiro atoms. The molecule has 108 valence electrons. The molecular formula is C17H24N2O. The lowest BCUT2D eigenvalue weighted by Crippen LogP contribution is -2.25. The molecule has 0 fully saturated rings. The maximum Gasteiger partial charge on any atom is 0.166 e. The van der Waals surface area contributed by atoms with Gasteiger partial charge < -0.3 is 4.57 Å². The van der Waals surface area contributed by atoms with Gasteiger partial charge in [-0.15, -0.1) is 0 Å². The van der Waals surface area contributed by atoms with Crippen LogP contribution in [-0.4, -0.2) is 28.8 Å². The normalized spacial score (nSPS) is 11.4. The van der Waals surface area contributed by atoms with Crippen molar-refractivity contribution in [2.75, 3.05) is 13.1 Å². The summed E-state index contributed by atoms with van der Waals surface area (Å²) in [6, 6.07) is 8.31. The van der Waals surface area contributed by atoms with Gasteiger partial charge in [-0.3, -0.25) is 9.69 Å². The van der Waals surface area contributed by atoms with Crippen LogP contribution in [0, 0.1) is 0 Å². The Morgan fingerprint density at radius 3 is 2.50 bits per heavy atom. The van der Waals surface area contributed by atoms with Gasteiger partial charge in [0.05, 0.1) is 11.2 Å². The number of nitrogens with zero attached hydrogens (tertiary/aromatic N) is 2. The van der Waals surface area contributed by atoms with E-state index in [1.807, 2.05) is 17.7 Å². The van der Waals surface area contributed by atoms with Crippen molar-refractivity contribution in [3.63, 3.8) is 0 Å².